The van der Waals surface area contributed by atoms with Crippen LogP contribution in [0.1, 0.15) is 0 Å². The summed E-state index contributed by atoms with van der Waals surface area (Å²) in [5.41, 5.74) is 0. The quantitative estimate of drug-likeness (QED) is 0.401. The fourth-order valence-electron chi connectivity index (χ4n) is 0. The number of rotatable bonds is 0. The first kappa shape index (κ1) is 24.3. The largest absolute Gasteiger partial charge is 0 e. The molecule has 0 fully saturated rings. The maximum absolute atomic E-state index is 0. The molecule has 0 bridgehead atoms. The molecule has 0 N–H and O–H groups in total. The van der Waals surface area contributed by atoms with E-state index in [1.807, 2.05) is 0 Å². The van der Waals surface area contributed by atoms with E-state index in [9.17, 15) is 0 Å². The average molecular weight is 480 g/mol. The fourth-order valence-corrected chi connectivity index (χ4v) is 0. The van der Waals surface area contributed by atoms with Gasteiger partial charge < -0.3 is 0 Å². The first-order chi connectivity index (χ1) is 0. The van der Waals surface area contributed by atoms with Crippen molar-refractivity contribution in [2.75, 3.05) is 0 Å². The minimum Gasteiger partial charge on any atom is 0 e. The van der Waals surface area contributed by atoms with Crippen LogP contribution in [-0.2, 0) is 32.7 Å². The Morgan fingerprint density at radius 2 is 1.00 bits per heavy atom. The SMILES string of the molecule is [Gd].[In].[Sn].[Y]. The molecule has 0 aliphatic carbocycles. The molecule has 0 aliphatic heterocycles. The molecule has 0 aromatic heterocycles. The monoisotopic (exact) mass is 482 g/mol. The molecule has 0 aromatic carbocycles. The molecule has 8 radical (unpaired) electrons. The van der Waals surface area contributed by atoms with Crippen molar-refractivity contribution >= 4 is 49.8 Å². The fraction of sp³-hybridized carbons (Fsp3) is 0. The van der Waals surface area contributed by atoms with E-state index in [2.05, 4.69) is 0 Å². The van der Waals surface area contributed by atoms with Crippen molar-refractivity contribution in [3.63, 3.8) is 0 Å². The Hall–Kier alpha value is 4.10. The molecule has 0 spiro atoms. The second-order valence-corrected chi connectivity index (χ2v) is 0. The van der Waals surface area contributed by atoms with E-state index >= 15 is 0 Å². The van der Waals surface area contributed by atoms with Crippen molar-refractivity contribution in [2.24, 2.45) is 0 Å². The second-order valence-electron chi connectivity index (χ2n) is 0. The third-order valence-corrected chi connectivity index (χ3v) is 0. The van der Waals surface area contributed by atoms with E-state index in [0.29, 0.717) is 0 Å². The van der Waals surface area contributed by atoms with Gasteiger partial charge in [-0.05, 0) is 0 Å². The Morgan fingerprint density at radius 3 is 1.00 bits per heavy atom. The van der Waals surface area contributed by atoms with Crippen molar-refractivity contribution in [2.45, 2.75) is 0 Å². The average Bonchev–Trinajstić information content (AvgIpc) is 0. The summed E-state index contributed by atoms with van der Waals surface area (Å²) in [6.45, 7) is 0. The zero-order valence-electron chi connectivity index (χ0n) is 2.01. The normalized spacial score (nSPS) is 0. The van der Waals surface area contributed by atoms with Crippen molar-refractivity contribution in [3.8, 4) is 0 Å². The van der Waals surface area contributed by atoms with Crippen LogP contribution in [0.4, 0.5) is 0 Å². The van der Waals surface area contributed by atoms with Crippen LogP contribution >= 0.6 is 0 Å². The van der Waals surface area contributed by atoms with Gasteiger partial charge in [0.1, 0.15) is 0 Å². The van der Waals surface area contributed by atoms with E-state index < -0.39 is 0 Å². The van der Waals surface area contributed by atoms with Gasteiger partial charge in [0.25, 0.3) is 0 Å². The molecule has 0 amide bonds. The molecule has 0 unspecified atom stereocenters. The van der Waals surface area contributed by atoms with Crippen molar-refractivity contribution < 1.29 is 72.6 Å². The van der Waals surface area contributed by atoms with E-state index in [1.54, 1.807) is 0 Å². The van der Waals surface area contributed by atoms with Crippen LogP contribution in [0.15, 0.2) is 0 Å². The van der Waals surface area contributed by atoms with E-state index in [-0.39, 0.29) is 122 Å². The minimum absolute atomic E-state index is 0. The van der Waals surface area contributed by atoms with Crippen LogP contribution < -0.4 is 0 Å². The molecule has 4 heteroatoms. The van der Waals surface area contributed by atoms with Gasteiger partial charge in [0.15, 0.2) is 0 Å². The molecule has 0 heterocycles. The topological polar surface area (TPSA) is 0 Å². The summed E-state index contributed by atoms with van der Waals surface area (Å²) >= 11 is 0. The molecule has 0 nitrogen and oxygen atoms in total. The smallest absolute Gasteiger partial charge is 0 e. The van der Waals surface area contributed by atoms with Crippen LogP contribution in [0.3, 0.4) is 0 Å². The van der Waals surface area contributed by atoms with Crippen LogP contribution in [0.2, 0.25) is 0 Å². The summed E-state index contributed by atoms with van der Waals surface area (Å²) in [4.78, 5) is 0. The predicted octanol–water partition coefficient (Wildman–Crippen LogP) is -0.764. The van der Waals surface area contributed by atoms with Gasteiger partial charge in [0.05, 0.1) is 0 Å². The summed E-state index contributed by atoms with van der Waals surface area (Å²) in [6.07, 6.45) is 0. The third-order valence-electron chi connectivity index (χ3n) is 0. The van der Waals surface area contributed by atoms with Gasteiger partial charge in [-0.2, -0.15) is 0 Å². The van der Waals surface area contributed by atoms with E-state index in [0.717, 1.165) is 0 Å². The Morgan fingerprint density at radius 1 is 1.00 bits per heavy atom. The van der Waals surface area contributed by atoms with Crippen molar-refractivity contribution in [1.29, 1.82) is 0 Å². The molecule has 0 aromatic rings. The van der Waals surface area contributed by atoms with E-state index in [4.69, 9.17) is 0 Å². The Bertz CT molecular complexity index is 8.00. The van der Waals surface area contributed by atoms with Gasteiger partial charge >= 0.3 is 0 Å². The molecule has 4 heavy (non-hydrogen) atoms. The van der Waals surface area contributed by atoms with Crippen LogP contribution in [0, 0.1) is 39.9 Å². The number of hydrogen-bond donors (Lipinski definition) is 0. The van der Waals surface area contributed by atoms with Gasteiger partial charge in [-0.15, -0.1) is 0 Å². The second kappa shape index (κ2) is 15.7. The van der Waals surface area contributed by atoms with Crippen LogP contribution in [-0.4, -0.2) is 49.8 Å². The summed E-state index contributed by atoms with van der Waals surface area (Å²) in [7, 11) is 0. The molecule has 0 atom stereocenters. The Labute approximate surface area is 119 Å². The van der Waals surface area contributed by atoms with Gasteiger partial charge in [0.2, 0.25) is 0 Å². The summed E-state index contributed by atoms with van der Waals surface area (Å²) in [6, 6.07) is 0. The first-order valence-electron chi connectivity index (χ1n) is 0. The van der Waals surface area contributed by atoms with Gasteiger partial charge in [0, 0.05) is 122 Å². The van der Waals surface area contributed by atoms with Gasteiger partial charge in [-0.25, -0.2) is 0 Å². The number of hydrogen-bond acceptors (Lipinski definition) is 0. The van der Waals surface area contributed by atoms with Crippen LogP contribution in [0.5, 0.6) is 0 Å². The Kier molecular flexibility index (Phi) is 95.5. The maximum Gasteiger partial charge on any atom is 0 e. The summed E-state index contributed by atoms with van der Waals surface area (Å²) in [5.74, 6) is 0. The maximum atomic E-state index is 0. The molecule has 0 saturated carbocycles. The summed E-state index contributed by atoms with van der Waals surface area (Å²) < 4.78 is 0. The van der Waals surface area contributed by atoms with Crippen molar-refractivity contribution in [3.05, 3.63) is 0 Å². The molecule has 18 valence electrons. The molecule has 0 rings (SSSR count). The van der Waals surface area contributed by atoms with Crippen molar-refractivity contribution in [1.82, 2.24) is 0 Å². The van der Waals surface area contributed by atoms with Crippen LogP contribution in [0.25, 0.3) is 0 Å². The standard InChI is InChI=1S/Gd.In.Sn.Y. The third kappa shape index (κ3) is 9.44. The molecule has 0 saturated heterocycles. The van der Waals surface area contributed by atoms with Gasteiger partial charge in [-0.1, -0.05) is 0 Å². The molecular weight excluding hydrogens is 480 g/mol. The zero-order valence-corrected chi connectivity index (χ0v) is 13.3. The molecule has 0 aliphatic rings. The molecular formula is GdInSnY. The predicted molar refractivity (Wildman–Crippen MR) is 11.5 cm³/mol. The summed E-state index contributed by atoms with van der Waals surface area (Å²) in [5, 5.41) is 0. The van der Waals surface area contributed by atoms with Gasteiger partial charge in [-0.3, -0.25) is 0 Å². The van der Waals surface area contributed by atoms with E-state index in [1.165, 1.54) is 0 Å². The first-order valence-corrected chi connectivity index (χ1v) is 0. The minimum atomic E-state index is 0. The Balaban J connectivity index is 0. The zero-order chi connectivity index (χ0) is 0.